The van der Waals surface area contributed by atoms with Gasteiger partial charge in [0.15, 0.2) is 11.5 Å². The van der Waals surface area contributed by atoms with Crippen LogP contribution in [-0.4, -0.2) is 32.4 Å². The molecule has 1 heterocycles. The summed E-state index contributed by atoms with van der Waals surface area (Å²) in [6.45, 7) is 8.00. The Bertz CT molecular complexity index is 1290. The first-order valence-electron chi connectivity index (χ1n) is 12.4. The fourth-order valence-corrected chi connectivity index (χ4v) is 4.13. The number of nitrogens with zero attached hydrogens (tertiary/aromatic N) is 1. The van der Waals surface area contributed by atoms with E-state index in [9.17, 15) is 0 Å². The molecular formula is C30H34N2O5. The molecule has 0 spiro atoms. The van der Waals surface area contributed by atoms with Crippen LogP contribution in [0.25, 0.3) is 11.5 Å². The molecular weight excluding hydrogens is 468 g/mol. The molecule has 0 radical (unpaired) electrons. The Morgan fingerprint density at radius 3 is 2.30 bits per heavy atom. The lowest BCUT2D eigenvalue weighted by molar-refractivity contribution is 0.266. The van der Waals surface area contributed by atoms with E-state index in [4.69, 9.17) is 23.4 Å². The van der Waals surface area contributed by atoms with Gasteiger partial charge in [0.1, 0.15) is 18.6 Å². The molecule has 3 aromatic carbocycles. The minimum absolute atomic E-state index is 0.395. The van der Waals surface area contributed by atoms with Gasteiger partial charge < -0.3 is 28.7 Å². The predicted molar refractivity (Wildman–Crippen MR) is 145 cm³/mol. The van der Waals surface area contributed by atoms with Crippen LogP contribution in [0, 0.1) is 13.8 Å². The SMILES string of the molecule is CCNc1c(C)ccc(OCCc2coc(-c3cc(OC)c(OCc4ccccc4)c(OC)c3)n2)c1C. The van der Waals surface area contributed by atoms with Crippen LogP contribution in [-0.2, 0) is 13.0 Å². The molecule has 0 aliphatic heterocycles. The number of anilines is 1. The Morgan fingerprint density at radius 1 is 0.892 bits per heavy atom. The molecule has 0 aliphatic carbocycles. The van der Waals surface area contributed by atoms with Gasteiger partial charge in [0.25, 0.3) is 0 Å². The van der Waals surface area contributed by atoms with Crippen molar-refractivity contribution in [2.45, 2.75) is 33.8 Å². The van der Waals surface area contributed by atoms with E-state index in [1.807, 2.05) is 48.5 Å². The first kappa shape index (κ1) is 25.9. The fourth-order valence-electron chi connectivity index (χ4n) is 4.13. The Labute approximate surface area is 218 Å². The smallest absolute Gasteiger partial charge is 0.226 e. The van der Waals surface area contributed by atoms with E-state index in [0.29, 0.717) is 42.8 Å². The summed E-state index contributed by atoms with van der Waals surface area (Å²) in [5.41, 5.74) is 6.02. The highest BCUT2D eigenvalue weighted by Gasteiger charge is 2.18. The number of hydrogen-bond acceptors (Lipinski definition) is 7. The summed E-state index contributed by atoms with van der Waals surface area (Å²) in [4.78, 5) is 4.66. The van der Waals surface area contributed by atoms with Gasteiger partial charge in [-0.1, -0.05) is 36.4 Å². The highest BCUT2D eigenvalue weighted by atomic mass is 16.5. The van der Waals surface area contributed by atoms with Crippen molar-refractivity contribution >= 4 is 5.69 Å². The van der Waals surface area contributed by atoms with E-state index in [0.717, 1.165) is 40.4 Å². The van der Waals surface area contributed by atoms with Crippen molar-refractivity contribution in [3.8, 4) is 34.5 Å². The zero-order valence-electron chi connectivity index (χ0n) is 22.1. The lowest BCUT2D eigenvalue weighted by Gasteiger charge is -2.15. The maximum absolute atomic E-state index is 6.07. The van der Waals surface area contributed by atoms with Crippen LogP contribution in [0.1, 0.15) is 29.3 Å². The van der Waals surface area contributed by atoms with Gasteiger partial charge in [0.05, 0.1) is 26.5 Å². The van der Waals surface area contributed by atoms with Crippen molar-refractivity contribution in [1.29, 1.82) is 0 Å². The third-order valence-corrected chi connectivity index (χ3v) is 6.08. The van der Waals surface area contributed by atoms with E-state index < -0.39 is 0 Å². The van der Waals surface area contributed by atoms with E-state index >= 15 is 0 Å². The molecule has 37 heavy (non-hydrogen) atoms. The molecule has 1 aromatic heterocycles. The lowest BCUT2D eigenvalue weighted by atomic mass is 10.1. The van der Waals surface area contributed by atoms with E-state index in [1.165, 1.54) is 5.56 Å². The Hall–Kier alpha value is -4.13. The van der Waals surface area contributed by atoms with Gasteiger partial charge in [-0.05, 0) is 50.1 Å². The number of nitrogens with one attached hydrogen (secondary N) is 1. The molecule has 0 aliphatic rings. The van der Waals surface area contributed by atoms with Crippen molar-refractivity contribution in [3.63, 3.8) is 0 Å². The van der Waals surface area contributed by atoms with E-state index in [1.54, 1.807) is 20.5 Å². The zero-order chi connectivity index (χ0) is 26.2. The number of benzene rings is 3. The van der Waals surface area contributed by atoms with Gasteiger partial charge in [-0.15, -0.1) is 0 Å². The molecule has 0 saturated heterocycles. The molecule has 7 heteroatoms. The molecule has 7 nitrogen and oxygen atoms in total. The fraction of sp³-hybridized carbons (Fsp3) is 0.300. The monoisotopic (exact) mass is 502 g/mol. The van der Waals surface area contributed by atoms with E-state index in [2.05, 4.69) is 37.1 Å². The average Bonchev–Trinajstić information content (AvgIpc) is 3.40. The molecule has 4 rings (SSSR count). The van der Waals surface area contributed by atoms with Crippen LogP contribution in [0.5, 0.6) is 23.0 Å². The molecule has 4 aromatic rings. The van der Waals surface area contributed by atoms with Gasteiger partial charge in [0, 0.05) is 29.8 Å². The van der Waals surface area contributed by atoms with E-state index in [-0.39, 0.29) is 0 Å². The molecule has 0 unspecified atom stereocenters. The number of hydrogen-bond donors (Lipinski definition) is 1. The summed E-state index contributed by atoms with van der Waals surface area (Å²) < 4.78 is 29.1. The van der Waals surface area contributed by atoms with Gasteiger partial charge >= 0.3 is 0 Å². The van der Waals surface area contributed by atoms with Crippen LogP contribution >= 0.6 is 0 Å². The number of rotatable bonds is 12. The number of ether oxygens (including phenoxy) is 4. The van der Waals surface area contributed by atoms with Gasteiger partial charge in [-0.2, -0.15) is 0 Å². The quantitative estimate of drug-likeness (QED) is 0.234. The molecule has 0 atom stereocenters. The second-order valence-electron chi connectivity index (χ2n) is 8.64. The Kier molecular flexibility index (Phi) is 8.56. The third kappa shape index (κ3) is 6.17. The second-order valence-corrected chi connectivity index (χ2v) is 8.64. The first-order valence-corrected chi connectivity index (χ1v) is 12.4. The molecule has 0 bridgehead atoms. The summed E-state index contributed by atoms with van der Waals surface area (Å²) >= 11 is 0. The standard InChI is InChI=1S/C30H34N2O5/c1-6-31-28-20(2)12-13-25(21(28)3)35-15-14-24-19-37-30(32-24)23-16-26(33-4)29(27(17-23)34-5)36-18-22-10-8-7-9-11-22/h7-13,16-17,19,31H,6,14-15,18H2,1-5H3. The minimum atomic E-state index is 0.395. The highest BCUT2D eigenvalue weighted by Crippen LogP contribution is 2.41. The molecule has 0 saturated carbocycles. The summed E-state index contributed by atoms with van der Waals surface area (Å²) in [6.07, 6.45) is 2.27. The largest absolute Gasteiger partial charge is 0.493 e. The summed E-state index contributed by atoms with van der Waals surface area (Å²) in [6, 6.07) is 17.7. The number of aryl methyl sites for hydroxylation is 1. The van der Waals surface area contributed by atoms with Crippen molar-refractivity contribution < 1.29 is 23.4 Å². The van der Waals surface area contributed by atoms with Crippen molar-refractivity contribution in [2.24, 2.45) is 0 Å². The van der Waals surface area contributed by atoms with Gasteiger partial charge in [-0.3, -0.25) is 0 Å². The third-order valence-electron chi connectivity index (χ3n) is 6.08. The Morgan fingerprint density at radius 2 is 1.62 bits per heavy atom. The summed E-state index contributed by atoms with van der Waals surface area (Å²) in [5.74, 6) is 2.95. The molecule has 194 valence electrons. The number of methoxy groups -OCH3 is 2. The first-order chi connectivity index (χ1) is 18.0. The van der Waals surface area contributed by atoms with Crippen molar-refractivity contribution in [2.75, 3.05) is 32.7 Å². The highest BCUT2D eigenvalue weighted by molar-refractivity contribution is 5.66. The Balaban J connectivity index is 1.45. The molecule has 0 amide bonds. The van der Waals surface area contributed by atoms with Gasteiger partial charge in [-0.25, -0.2) is 4.98 Å². The number of oxazole rings is 1. The molecule has 1 N–H and O–H groups in total. The van der Waals surface area contributed by atoms with Crippen molar-refractivity contribution in [1.82, 2.24) is 4.98 Å². The lowest BCUT2D eigenvalue weighted by Crippen LogP contribution is -2.06. The normalized spacial score (nSPS) is 10.7. The van der Waals surface area contributed by atoms with Crippen LogP contribution < -0.4 is 24.3 Å². The summed E-state index contributed by atoms with van der Waals surface area (Å²) in [7, 11) is 3.20. The average molecular weight is 503 g/mol. The predicted octanol–water partition coefficient (Wildman–Crippen LogP) is 6.61. The van der Waals surface area contributed by atoms with Crippen LogP contribution in [0.4, 0.5) is 5.69 Å². The topological polar surface area (TPSA) is 75.0 Å². The van der Waals surface area contributed by atoms with Crippen LogP contribution in [0.2, 0.25) is 0 Å². The number of aromatic nitrogens is 1. The maximum Gasteiger partial charge on any atom is 0.226 e. The molecule has 0 fully saturated rings. The van der Waals surface area contributed by atoms with Crippen LogP contribution in [0.3, 0.4) is 0 Å². The summed E-state index contributed by atoms with van der Waals surface area (Å²) in [5, 5.41) is 3.42. The van der Waals surface area contributed by atoms with Gasteiger partial charge in [0.2, 0.25) is 11.6 Å². The maximum atomic E-state index is 6.07. The zero-order valence-corrected chi connectivity index (χ0v) is 22.1. The van der Waals surface area contributed by atoms with Crippen LogP contribution in [0.15, 0.2) is 65.3 Å². The van der Waals surface area contributed by atoms with Crippen molar-refractivity contribution in [3.05, 3.63) is 83.2 Å². The second kappa shape index (κ2) is 12.2. The minimum Gasteiger partial charge on any atom is -0.493 e.